The lowest BCUT2D eigenvalue weighted by molar-refractivity contribution is -0.116. The highest BCUT2D eigenvalue weighted by molar-refractivity contribution is 6.32. The van der Waals surface area contributed by atoms with Crippen molar-refractivity contribution in [3.8, 4) is 0 Å². The van der Waals surface area contributed by atoms with Gasteiger partial charge in [-0.2, -0.15) is 0 Å². The zero-order valence-electron chi connectivity index (χ0n) is 13.4. The number of rotatable bonds is 2. The molecule has 0 spiro atoms. The molecule has 0 saturated carbocycles. The van der Waals surface area contributed by atoms with Crippen LogP contribution in [-0.4, -0.2) is 10.9 Å². The van der Waals surface area contributed by atoms with E-state index in [9.17, 15) is 9.90 Å². The zero-order valence-corrected chi connectivity index (χ0v) is 13.4. The summed E-state index contributed by atoms with van der Waals surface area (Å²) in [5.41, 5.74) is 6.60. The Bertz CT molecular complexity index is 812. The van der Waals surface area contributed by atoms with Crippen LogP contribution in [0.15, 0.2) is 42.2 Å². The number of aliphatic hydroxyl groups excluding tert-OH is 1. The maximum absolute atomic E-state index is 12.6. The Hall–Kier alpha value is -2.35. The van der Waals surface area contributed by atoms with E-state index in [4.69, 9.17) is 0 Å². The summed E-state index contributed by atoms with van der Waals surface area (Å²) in [6, 6.07) is 11.9. The Morgan fingerprint density at radius 2 is 1.45 bits per heavy atom. The number of ketones is 1. The highest BCUT2D eigenvalue weighted by atomic mass is 16.3. The molecule has 22 heavy (non-hydrogen) atoms. The van der Waals surface area contributed by atoms with Crippen LogP contribution in [0.1, 0.15) is 39.3 Å². The van der Waals surface area contributed by atoms with Gasteiger partial charge in [-0.25, -0.2) is 0 Å². The largest absolute Gasteiger partial charge is 0.510 e. The zero-order chi connectivity index (χ0) is 16.0. The van der Waals surface area contributed by atoms with Gasteiger partial charge in [0.25, 0.3) is 0 Å². The molecule has 2 aromatic rings. The van der Waals surface area contributed by atoms with E-state index in [0.717, 1.165) is 33.4 Å². The van der Waals surface area contributed by atoms with Gasteiger partial charge in [0.15, 0.2) is 5.78 Å². The van der Waals surface area contributed by atoms with Gasteiger partial charge in [0, 0.05) is 0 Å². The van der Waals surface area contributed by atoms with Gasteiger partial charge in [-0.15, -0.1) is 0 Å². The van der Waals surface area contributed by atoms with Crippen LogP contribution in [0.2, 0.25) is 0 Å². The van der Waals surface area contributed by atoms with E-state index < -0.39 is 5.92 Å². The van der Waals surface area contributed by atoms with Crippen LogP contribution in [0.3, 0.4) is 0 Å². The summed E-state index contributed by atoms with van der Waals surface area (Å²) in [6.07, 6.45) is 0. The molecule has 1 unspecified atom stereocenters. The average molecular weight is 292 g/mol. The van der Waals surface area contributed by atoms with Crippen LogP contribution in [0, 0.1) is 27.7 Å². The molecule has 0 saturated heterocycles. The summed E-state index contributed by atoms with van der Waals surface area (Å²) < 4.78 is 0. The average Bonchev–Trinajstić information content (AvgIpc) is 2.45. The van der Waals surface area contributed by atoms with Crippen molar-refractivity contribution in [1.82, 2.24) is 0 Å². The topological polar surface area (TPSA) is 37.3 Å². The molecular formula is C20H20O2. The van der Waals surface area contributed by atoms with Crippen molar-refractivity contribution in [2.45, 2.75) is 33.6 Å². The predicted molar refractivity (Wildman–Crippen MR) is 89.1 cm³/mol. The minimum Gasteiger partial charge on any atom is -0.510 e. The van der Waals surface area contributed by atoms with Crippen molar-refractivity contribution in [1.29, 1.82) is 0 Å². The Labute approximate surface area is 131 Å². The SMILES string of the molecule is Cc1ccc(C2=C(O)C(c3ccc(C)cc3C)C2=O)c(C)c1. The van der Waals surface area contributed by atoms with Crippen molar-refractivity contribution in [3.63, 3.8) is 0 Å². The van der Waals surface area contributed by atoms with Gasteiger partial charge in [-0.3, -0.25) is 4.79 Å². The number of aliphatic hydroxyl groups is 1. The van der Waals surface area contributed by atoms with Gasteiger partial charge in [0.2, 0.25) is 0 Å². The maximum atomic E-state index is 12.6. The van der Waals surface area contributed by atoms with E-state index in [1.165, 1.54) is 0 Å². The smallest absolute Gasteiger partial charge is 0.181 e. The number of carbonyl (C=O) groups excluding carboxylic acids is 1. The Balaban J connectivity index is 2.06. The standard InChI is InChI=1S/C20H20O2/c1-11-5-7-15(13(3)9-11)17-19(21)18(20(17)22)16-8-6-12(2)10-14(16)4/h5-10,17,21H,1-4H3. The van der Waals surface area contributed by atoms with Gasteiger partial charge < -0.3 is 5.11 Å². The molecule has 2 heteroatoms. The third kappa shape index (κ3) is 2.16. The fourth-order valence-corrected chi connectivity index (χ4v) is 3.26. The van der Waals surface area contributed by atoms with Crippen molar-refractivity contribution in [2.24, 2.45) is 0 Å². The second-order valence-corrected chi connectivity index (χ2v) is 6.24. The molecule has 1 aliphatic rings. The highest BCUT2D eigenvalue weighted by Gasteiger charge is 2.42. The number of aryl methyl sites for hydroxylation is 4. The number of Topliss-reactive ketones (excluding diaryl/α,β-unsaturated/α-hetero) is 1. The number of carbonyl (C=O) groups is 1. The molecule has 112 valence electrons. The summed E-state index contributed by atoms with van der Waals surface area (Å²) in [5.74, 6) is -0.295. The lowest BCUT2D eigenvalue weighted by Crippen LogP contribution is -2.29. The molecule has 1 aliphatic carbocycles. The first-order valence-corrected chi connectivity index (χ1v) is 7.52. The van der Waals surface area contributed by atoms with E-state index in [2.05, 4.69) is 0 Å². The lowest BCUT2D eigenvalue weighted by atomic mass is 9.73. The van der Waals surface area contributed by atoms with Crippen LogP contribution in [-0.2, 0) is 4.79 Å². The first-order chi connectivity index (χ1) is 10.4. The van der Waals surface area contributed by atoms with E-state index in [1.807, 2.05) is 64.1 Å². The van der Waals surface area contributed by atoms with Crippen molar-refractivity contribution < 1.29 is 9.90 Å². The number of hydrogen-bond acceptors (Lipinski definition) is 2. The maximum Gasteiger partial charge on any atom is 0.181 e. The van der Waals surface area contributed by atoms with E-state index >= 15 is 0 Å². The normalized spacial score (nSPS) is 17.6. The van der Waals surface area contributed by atoms with Gasteiger partial charge in [0.05, 0.1) is 5.57 Å². The van der Waals surface area contributed by atoms with Crippen molar-refractivity contribution >= 4 is 11.4 Å². The molecule has 0 aliphatic heterocycles. The molecule has 0 radical (unpaired) electrons. The summed E-state index contributed by atoms with van der Waals surface area (Å²) in [6.45, 7) is 8.00. The third-order valence-corrected chi connectivity index (χ3v) is 4.43. The molecule has 0 heterocycles. The summed E-state index contributed by atoms with van der Waals surface area (Å²) in [4.78, 5) is 12.6. The van der Waals surface area contributed by atoms with Gasteiger partial charge in [-0.1, -0.05) is 47.5 Å². The first kappa shape index (κ1) is 14.6. The third-order valence-electron chi connectivity index (χ3n) is 4.43. The second-order valence-electron chi connectivity index (χ2n) is 6.24. The van der Waals surface area contributed by atoms with Crippen LogP contribution in [0.4, 0.5) is 0 Å². The summed E-state index contributed by atoms with van der Waals surface area (Å²) >= 11 is 0. The molecule has 3 rings (SSSR count). The summed E-state index contributed by atoms with van der Waals surface area (Å²) in [7, 11) is 0. The van der Waals surface area contributed by atoms with Crippen LogP contribution < -0.4 is 0 Å². The Morgan fingerprint density at radius 1 is 0.864 bits per heavy atom. The monoisotopic (exact) mass is 292 g/mol. The number of hydrogen-bond donors (Lipinski definition) is 1. The lowest BCUT2D eigenvalue weighted by Gasteiger charge is -2.30. The molecular weight excluding hydrogens is 272 g/mol. The van der Waals surface area contributed by atoms with Gasteiger partial charge in [-0.05, 0) is 49.9 Å². The van der Waals surface area contributed by atoms with Crippen molar-refractivity contribution in [3.05, 3.63) is 75.5 Å². The number of allylic oxidation sites excluding steroid dienone is 2. The van der Waals surface area contributed by atoms with Crippen LogP contribution in [0.5, 0.6) is 0 Å². The predicted octanol–water partition coefficient (Wildman–Crippen LogP) is 4.56. The second kappa shape index (κ2) is 5.13. The molecule has 0 amide bonds. The minimum atomic E-state index is -0.503. The number of benzene rings is 2. The van der Waals surface area contributed by atoms with E-state index in [1.54, 1.807) is 0 Å². The van der Waals surface area contributed by atoms with Crippen molar-refractivity contribution in [2.75, 3.05) is 0 Å². The fraction of sp³-hybridized carbons (Fsp3) is 0.250. The molecule has 1 N–H and O–H groups in total. The highest BCUT2D eigenvalue weighted by Crippen LogP contribution is 2.44. The van der Waals surface area contributed by atoms with Crippen LogP contribution in [0.25, 0.3) is 5.57 Å². The molecule has 0 bridgehead atoms. The fourth-order valence-electron chi connectivity index (χ4n) is 3.26. The Kier molecular flexibility index (Phi) is 3.40. The molecule has 1 atom stereocenters. The molecule has 0 aromatic heterocycles. The van der Waals surface area contributed by atoms with Crippen LogP contribution >= 0.6 is 0 Å². The molecule has 2 aromatic carbocycles. The molecule has 0 fully saturated rings. The Morgan fingerprint density at radius 3 is 2.00 bits per heavy atom. The first-order valence-electron chi connectivity index (χ1n) is 7.52. The van der Waals surface area contributed by atoms with E-state index in [-0.39, 0.29) is 11.5 Å². The quantitative estimate of drug-likeness (QED) is 0.881. The minimum absolute atomic E-state index is 0.0106. The van der Waals surface area contributed by atoms with Gasteiger partial charge in [0.1, 0.15) is 11.7 Å². The molecule has 2 nitrogen and oxygen atoms in total. The summed E-state index contributed by atoms with van der Waals surface area (Å²) in [5, 5.41) is 10.5. The van der Waals surface area contributed by atoms with E-state index in [0.29, 0.717) is 5.57 Å². The van der Waals surface area contributed by atoms with Gasteiger partial charge >= 0.3 is 0 Å².